The first-order chi connectivity index (χ1) is 19.5. The van der Waals surface area contributed by atoms with Gasteiger partial charge >= 0.3 is 0 Å². The van der Waals surface area contributed by atoms with Gasteiger partial charge in [-0.1, -0.05) is 43.0 Å². The van der Waals surface area contributed by atoms with Crippen LogP contribution in [0, 0.1) is 0 Å². The molecule has 3 aromatic rings. The van der Waals surface area contributed by atoms with Crippen molar-refractivity contribution in [1.29, 1.82) is 0 Å². The number of fused-ring (bicyclic) bond motifs is 1. The van der Waals surface area contributed by atoms with Crippen LogP contribution in [-0.2, 0) is 17.9 Å². The molecule has 0 unspecified atom stereocenters. The van der Waals surface area contributed by atoms with Gasteiger partial charge in [-0.15, -0.1) is 0 Å². The lowest BCUT2D eigenvalue weighted by molar-refractivity contribution is -0.116. The van der Waals surface area contributed by atoms with Gasteiger partial charge < -0.3 is 14.7 Å². The molecule has 0 saturated carbocycles. The van der Waals surface area contributed by atoms with Crippen molar-refractivity contribution in [3.05, 3.63) is 76.6 Å². The highest BCUT2D eigenvalue weighted by molar-refractivity contribution is 6.33. The van der Waals surface area contributed by atoms with Crippen LogP contribution in [0.4, 0.5) is 11.4 Å². The standard InChI is InChI=1S/C32H40ClN5O2/c1-25(39)38-20-9-4-2-3-6-18-36(24-28-12-11-26(21-30(28)38)23-37-19-10-15-34-37)32(40)27-13-14-29(33)31(22-27)35-16-7-5-8-17-35/h10-15,19,21-22H,2-9,16-18,20,23-24H2,1H3. The zero-order valence-electron chi connectivity index (χ0n) is 23.5. The molecule has 0 bridgehead atoms. The smallest absolute Gasteiger partial charge is 0.254 e. The van der Waals surface area contributed by atoms with Gasteiger partial charge in [-0.25, -0.2) is 0 Å². The van der Waals surface area contributed by atoms with Crippen molar-refractivity contribution in [2.24, 2.45) is 0 Å². The third-order valence-corrected chi connectivity index (χ3v) is 8.39. The average Bonchev–Trinajstić information content (AvgIpc) is 3.47. The molecule has 2 aromatic carbocycles. The van der Waals surface area contributed by atoms with Crippen molar-refractivity contribution in [1.82, 2.24) is 14.7 Å². The molecule has 0 spiro atoms. The van der Waals surface area contributed by atoms with E-state index in [1.54, 1.807) is 13.1 Å². The summed E-state index contributed by atoms with van der Waals surface area (Å²) in [7, 11) is 0. The highest BCUT2D eigenvalue weighted by Gasteiger charge is 2.23. The van der Waals surface area contributed by atoms with E-state index in [4.69, 9.17) is 11.6 Å². The van der Waals surface area contributed by atoms with Crippen molar-refractivity contribution in [2.75, 3.05) is 36.0 Å². The number of aromatic nitrogens is 2. The minimum atomic E-state index is 0.00734. The second-order valence-electron chi connectivity index (χ2n) is 11.0. The zero-order chi connectivity index (χ0) is 27.9. The van der Waals surface area contributed by atoms with Gasteiger partial charge in [-0.3, -0.25) is 14.3 Å². The van der Waals surface area contributed by atoms with Crippen LogP contribution in [0.25, 0.3) is 0 Å². The number of carbonyl (C=O) groups excluding carboxylic acids is 2. The van der Waals surface area contributed by atoms with Crippen molar-refractivity contribution in [3.8, 4) is 0 Å². The third kappa shape index (κ3) is 6.87. The first-order valence-corrected chi connectivity index (χ1v) is 15.1. The molecule has 0 N–H and O–H groups in total. The molecule has 1 saturated heterocycles. The van der Waals surface area contributed by atoms with Gasteiger partial charge in [0.25, 0.3) is 5.91 Å². The lowest BCUT2D eigenvalue weighted by Crippen LogP contribution is -2.35. The summed E-state index contributed by atoms with van der Waals surface area (Å²) in [6.45, 7) is 5.99. The Morgan fingerprint density at radius 1 is 0.850 bits per heavy atom. The third-order valence-electron chi connectivity index (χ3n) is 8.07. The fourth-order valence-corrected chi connectivity index (χ4v) is 6.12. The van der Waals surface area contributed by atoms with Crippen molar-refractivity contribution >= 4 is 34.8 Å². The summed E-state index contributed by atoms with van der Waals surface area (Å²) in [5, 5.41) is 5.04. The minimum absolute atomic E-state index is 0.00734. The Morgan fingerprint density at radius 2 is 1.57 bits per heavy atom. The second kappa shape index (κ2) is 13.4. The van der Waals surface area contributed by atoms with Crippen LogP contribution < -0.4 is 9.80 Å². The van der Waals surface area contributed by atoms with Gasteiger partial charge in [0.15, 0.2) is 0 Å². The fourth-order valence-electron chi connectivity index (χ4n) is 5.89. The van der Waals surface area contributed by atoms with E-state index < -0.39 is 0 Å². The van der Waals surface area contributed by atoms with E-state index in [0.29, 0.717) is 36.8 Å². The number of amides is 2. The number of nitrogens with zero attached hydrogens (tertiary/aromatic N) is 5. The van der Waals surface area contributed by atoms with Crippen molar-refractivity contribution in [2.45, 2.75) is 71.4 Å². The van der Waals surface area contributed by atoms with Crippen molar-refractivity contribution in [3.63, 3.8) is 0 Å². The van der Waals surface area contributed by atoms with Crippen LogP contribution in [0.3, 0.4) is 0 Å². The van der Waals surface area contributed by atoms with E-state index in [1.807, 2.05) is 44.9 Å². The Labute approximate surface area is 242 Å². The van der Waals surface area contributed by atoms with E-state index in [1.165, 1.54) is 6.42 Å². The number of benzene rings is 2. The maximum absolute atomic E-state index is 14.0. The number of anilines is 2. The van der Waals surface area contributed by atoms with Crippen molar-refractivity contribution < 1.29 is 9.59 Å². The molecule has 2 aliphatic rings. The van der Waals surface area contributed by atoms with E-state index in [0.717, 1.165) is 80.5 Å². The number of hydrogen-bond donors (Lipinski definition) is 0. The molecule has 212 valence electrons. The maximum Gasteiger partial charge on any atom is 0.254 e. The molecule has 1 fully saturated rings. The first kappa shape index (κ1) is 28.2. The highest BCUT2D eigenvalue weighted by atomic mass is 35.5. The molecule has 0 aliphatic carbocycles. The topological polar surface area (TPSA) is 61.7 Å². The Morgan fingerprint density at radius 3 is 2.33 bits per heavy atom. The number of carbonyl (C=O) groups is 2. The highest BCUT2D eigenvalue weighted by Crippen LogP contribution is 2.31. The quantitative estimate of drug-likeness (QED) is 0.363. The number of halogens is 1. The van der Waals surface area contributed by atoms with Gasteiger partial charge in [-0.05, 0) is 73.6 Å². The Kier molecular flexibility index (Phi) is 9.42. The number of hydrogen-bond acceptors (Lipinski definition) is 4. The average molecular weight is 562 g/mol. The molecule has 0 atom stereocenters. The molecule has 7 nitrogen and oxygen atoms in total. The fraction of sp³-hybridized carbons (Fsp3) is 0.469. The van der Waals surface area contributed by atoms with Crippen LogP contribution in [-0.4, -0.2) is 52.7 Å². The van der Waals surface area contributed by atoms with E-state index in [-0.39, 0.29) is 11.8 Å². The molecule has 8 heteroatoms. The first-order valence-electron chi connectivity index (χ1n) is 14.7. The monoisotopic (exact) mass is 561 g/mol. The van der Waals surface area contributed by atoms with Crippen LogP contribution >= 0.6 is 11.6 Å². The summed E-state index contributed by atoms with van der Waals surface area (Å²) < 4.78 is 1.88. The van der Waals surface area contributed by atoms with Crippen LogP contribution in [0.2, 0.25) is 5.02 Å². The maximum atomic E-state index is 14.0. The lowest BCUT2D eigenvalue weighted by Gasteiger charge is -2.31. The zero-order valence-corrected chi connectivity index (χ0v) is 24.3. The molecule has 1 aromatic heterocycles. The lowest BCUT2D eigenvalue weighted by atomic mass is 10.0. The predicted molar refractivity (Wildman–Crippen MR) is 161 cm³/mol. The summed E-state index contributed by atoms with van der Waals surface area (Å²) in [6, 6.07) is 13.9. The summed E-state index contributed by atoms with van der Waals surface area (Å²) in [6.07, 6.45) is 12.4. The number of piperidine rings is 1. The summed E-state index contributed by atoms with van der Waals surface area (Å²) >= 11 is 6.61. The van der Waals surface area contributed by atoms with Gasteiger partial charge in [-0.2, -0.15) is 5.10 Å². The molecule has 2 amide bonds. The van der Waals surface area contributed by atoms with Gasteiger partial charge in [0.1, 0.15) is 0 Å². The summed E-state index contributed by atoms with van der Waals surface area (Å²) in [5.41, 5.74) is 4.56. The Bertz CT molecular complexity index is 1300. The minimum Gasteiger partial charge on any atom is -0.370 e. The molecular weight excluding hydrogens is 522 g/mol. The largest absolute Gasteiger partial charge is 0.370 e. The Hall–Kier alpha value is -3.32. The Balaban J connectivity index is 1.47. The SMILES string of the molecule is CC(=O)N1CCCCCCCN(C(=O)c2ccc(Cl)c(N3CCCCC3)c2)Cc2ccc(Cn3cccn3)cc21. The second-order valence-corrected chi connectivity index (χ2v) is 11.5. The van der Waals surface area contributed by atoms with E-state index >= 15 is 0 Å². The van der Waals surface area contributed by atoms with E-state index in [9.17, 15) is 9.59 Å². The summed E-state index contributed by atoms with van der Waals surface area (Å²) in [4.78, 5) is 33.1. The molecule has 2 aliphatic heterocycles. The van der Waals surface area contributed by atoms with E-state index in [2.05, 4.69) is 28.2 Å². The van der Waals surface area contributed by atoms with Crippen LogP contribution in [0.5, 0.6) is 0 Å². The summed E-state index contributed by atoms with van der Waals surface area (Å²) in [5.74, 6) is 0.0317. The van der Waals surface area contributed by atoms with Crippen LogP contribution in [0.1, 0.15) is 79.8 Å². The predicted octanol–water partition coefficient (Wildman–Crippen LogP) is 6.53. The van der Waals surface area contributed by atoms with Gasteiger partial charge in [0.2, 0.25) is 5.91 Å². The molecule has 40 heavy (non-hydrogen) atoms. The van der Waals surface area contributed by atoms with Gasteiger partial charge in [0, 0.05) is 63.3 Å². The van der Waals surface area contributed by atoms with Gasteiger partial charge in [0.05, 0.1) is 17.3 Å². The normalized spacial score (nSPS) is 17.1. The molecule has 3 heterocycles. The molecular formula is C32H40ClN5O2. The van der Waals surface area contributed by atoms with Crippen LogP contribution in [0.15, 0.2) is 54.9 Å². The molecule has 5 rings (SSSR count). The molecule has 0 radical (unpaired) electrons. The number of rotatable bonds is 4.